The van der Waals surface area contributed by atoms with E-state index in [1.54, 1.807) is 24.3 Å². The van der Waals surface area contributed by atoms with E-state index in [9.17, 15) is 23.6 Å². The Kier molecular flexibility index (Phi) is 11.5. The van der Waals surface area contributed by atoms with E-state index in [2.05, 4.69) is 10.2 Å². The van der Waals surface area contributed by atoms with Gasteiger partial charge in [0.2, 0.25) is 0 Å². The predicted molar refractivity (Wildman–Crippen MR) is 195 cm³/mol. The fourth-order valence-corrected chi connectivity index (χ4v) is 8.09. The topological polar surface area (TPSA) is 113 Å². The van der Waals surface area contributed by atoms with Crippen LogP contribution < -0.4 is 19.5 Å². The maximum atomic E-state index is 13.9. The summed E-state index contributed by atoms with van der Waals surface area (Å²) in [6.45, 7) is -0.000917. The van der Waals surface area contributed by atoms with Crippen LogP contribution in [-0.4, -0.2) is 55.8 Å². The van der Waals surface area contributed by atoms with Crippen LogP contribution in [0.3, 0.4) is 0 Å². The molecule has 4 aliphatic rings. The van der Waals surface area contributed by atoms with Gasteiger partial charge in [0.15, 0.2) is 29.9 Å². The summed E-state index contributed by atoms with van der Waals surface area (Å²) in [6.07, 6.45) is 4.92. The molecule has 10 nitrogen and oxygen atoms in total. The average Bonchev–Trinajstić information content (AvgIpc) is 3.81. The minimum atomic E-state index is -3.08. The third kappa shape index (κ3) is 9.32. The molecule has 4 fully saturated rings. The third-order valence-corrected chi connectivity index (χ3v) is 11.3. The molecule has 3 atom stereocenters. The number of alkyl halides is 2. The van der Waals surface area contributed by atoms with Crippen molar-refractivity contribution < 1.29 is 42.0 Å². The molecule has 5 heterocycles. The third-order valence-electron chi connectivity index (χ3n) is 9.76. The minimum Gasteiger partial charge on any atom is -0.619 e. The maximum Gasteiger partial charge on any atom is 0.387 e. The van der Waals surface area contributed by atoms with Gasteiger partial charge in [-0.25, -0.2) is 9.59 Å². The minimum absolute atomic E-state index is 0.0485. The summed E-state index contributed by atoms with van der Waals surface area (Å²) in [4.78, 5) is 30.6. The Morgan fingerprint density at radius 3 is 2.43 bits per heavy atom. The molecule has 0 amide bonds. The smallest absolute Gasteiger partial charge is 0.387 e. The van der Waals surface area contributed by atoms with Crippen molar-refractivity contribution in [2.45, 2.75) is 57.0 Å². The van der Waals surface area contributed by atoms with Crippen LogP contribution in [0.25, 0.3) is 0 Å². The first-order valence-electron chi connectivity index (χ1n) is 17.4. The molecule has 3 saturated heterocycles. The molecule has 0 spiro atoms. The highest BCUT2D eigenvalue weighted by atomic mass is 35.5. The van der Waals surface area contributed by atoms with Crippen LogP contribution in [-0.2, 0) is 20.7 Å². The number of fused-ring (bicyclic) bond motifs is 3. The standard InChI is InChI=1S/C38H37Cl2F2N3O7S/c39-28-18-45(48)19-29(40)27(28)17-31(24-8-9-30(52-38(41)42)32(16-24)49-21-22-6-7-22)50-36(46)25-3-1-4-26(15-25)43-35(34-5-2-14-53-34)37(47)51-33-20-44-12-10-23(33)11-13-44/h1-5,8-9,14-16,18-19,22-23,31,33,35,38,43H,6-7,10-13,17,20-21H2/t31?,33-,35?/m0/s1. The molecular weight excluding hydrogens is 751 g/mol. The van der Waals surface area contributed by atoms with Crippen molar-refractivity contribution in [1.29, 1.82) is 0 Å². The summed E-state index contributed by atoms with van der Waals surface area (Å²) >= 11 is 14.3. The zero-order chi connectivity index (χ0) is 37.1. The Morgan fingerprint density at radius 2 is 1.77 bits per heavy atom. The highest BCUT2D eigenvalue weighted by Gasteiger charge is 2.38. The zero-order valence-electron chi connectivity index (χ0n) is 28.4. The van der Waals surface area contributed by atoms with Crippen molar-refractivity contribution in [2.24, 2.45) is 11.8 Å². The lowest BCUT2D eigenvalue weighted by Gasteiger charge is -2.44. The van der Waals surface area contributed by atoms with Crippen LogP contribution in [0.4, 0.5) is 14.5 Å². The van der Waals surface area contributed by atoms with Crippen LogP contribution in [0.15, 0.2) is 72.4 Å². The number of hydrogen-bond acceptors (Lipinski definition) is 10. The first-order chi connectivity index (χ1) is 25.6. The van der Waals surface area contributed by atoms with E-state index in [0.717, 1.165) is 62.6 Å². The fourth-order valence-electron chi connectivity index (χ4n) is 6.72. The second-order valence-corrected chi connectivity index (χ2v) is 15.3. The molecule has 15 heteroatoms. The molecule has 2 aromatic heterocycles. The number of ether oxygens (including phenoxy) is 4. The van der Waals surface area contributed by atoms with Crippen LogP contribution in [0.5, 0.6) is 11.5 Å². The Balaban J connectivity index is 1.13. The van der Waals surface area contributed by atoms with Gasteiger partial charge in [0.25, 0.3) is 0 Å². The number of carbonyl (C=O) groups excluding carboxylic acids is 2. The molecule has 1 aliphatic carbocycles. The Labute approximate surface area is 319 Å². The second-order valence-electron chi connectivity index (χ2n) is 13.5. The molecular formula is C38H37Cl2F2N3O7S. The van der Waals surface area contributed by atoms with Gasteiger partial charge in [-0.1, -0.05) is 41.4 Å². The lowest BCUT2D eigenvalue weighted by molar-refractivity contribution is -0.605. The number of halogens is 4. The molecule has 1 N–H and O–H groups in total. The number of nitrogens with zero attached hydrogens (tertiary/aromatic N) is 2. The number of piperidine rings is 3. The summed E-state index contributed by atoms with van der Waals surface area (Å²) < 4.78 is 49.8. The van der Waals surface area contributed by atoms with Gasteiger partial charge in [-0.3, -0.25) is 4.90 Å². The van der Waals surface area contributed by atoms with E-state index < -0.39 is 30.7 Å². The first kappa shape index (κ1) is 37.2. The van der Waals surface area contributed by atoms with Crippen molar-refractivity contribution in [1.82, 2.24) is 4.90 Å². The van der Waals surface area contributed by atoms with Gasteiger partial charge < -0.3 is 29.5 Å². The van der Waals surface area contributed by atoms with E-state index in [-0.39, 0.29) is 39.6 Å². The molecule has 4 aromatic rings. The number of carbonyl (C=O) groups is 2. The molecule has 280 valence electrons. The van der Waals surface area contributed by atoms with Crippen molar-refractivity contribution in [3.05, 3.63) is 109 Å². The van der Waals surface area contributed by atoms with Crippen LogP contribution >= 0.6 is 34.5 Å². The van der Waals surface area contributed by atoms with Crippen molar-refractivity contribution in [3.8, 4) is 11.5 Å². The molecule has 2 aromatic carbocycles. The second kappa shape index (κ2) is 16.5. The Hall–Kier alpha value is -4.17. The van der Waals surface area contributed by atoms with E-state index in [1.807, 2.05) is 17.5 Å². The molecule has 2 bridgehead atoms. The SMILES string of the molecule is O=C(OC(Cc1c(Cl)c[n+]([O-])cc1Cl)c1ccc(OC(F)F)c(OCC2CC2)c1)c1cccc(NC(C(=O)O[C@H]2CN3CCC2CC3)c2cccs2)c1. The molecule has 2 unspecified atom stereocenters. The lowest BCUT2D eigenvalue weighted by Crippen LogP contribution is -2.52. The van der Waals surface area contributed by atoms with E-state index in [0.29, 0.717) is 40.0 Å². The monoisotopic (exact) mass is 787 g/mol. The van der Waals surface area contributed by atoms with Gasteiger partial charge >= 0.3 is 18.6 Å². The largest absolute Gasteiger partial charge is 0.619 e. The van der Waals surface area contributed by atoms with Gasteiger partial charge in [0, 0.05) is 29.1 Å². The number of aromatic nitrogens is 1. The van der Waals surface area contributed by atoms with E-state index >= 15 is 0 Å². The normalized spacial score (nSPS) is 20.4. The van der Waals surface area contributed by atoms with Gasteiger partial charge in [-0.2, -0.15) is 13.5 Å². The number of hydrogen-bond donors (Lipinski definition) is 1. The molecule has 0 radical (unpaired) electrons. The number of benzene rings is 2. The predicted octanol–water partition coefficient (Wildman–Crippen LogP) is 8.01. The van der Waals surface area contributed by atoms with Crippen molar-refractivity contribution in [3.63, 3.8) is 0 Å². The highest BCUT2D eigenvalue weighted by molar-refractivity contribution is 7.10. The number of anilines is 1. The van der Waals surface area contributed by atoms with Gasteiger partial charge in [0.05, 0.1) is 12.2 Å². The number of thiophene rings is 1. The lowest BCUT2D eigenvalue weighted by atomic mass is 9.86. The average molecular weight is 789 g/mol. The zero-order valence-corrected chi connectivity index (χ0v) is 30.8. The number of rotatable bonds is 15. The molecule has 8 rings (SSSR count). The molecule has 1 saturated carbocycles. The summed E-state index contributed by atoms with van der Waals surface area (Å²) in [5.74, 6) is -0.562. The van der Waals surface area contributed by atoms with Crippen LogP contribution in [0, 0.1) is 17.0 Å². The van der Waals surface area contributed by atoms with Gasteiger partial charge in [-0.05, 0) is 98.0 Å². The summed E-state index contributed by atoms with van der Waals surface area (Å²) in [7, 11) is 0. The highest BCUT2D eigenvalue weighted by Crippen LogP contribution is 2.38. The van der Waals surface area contributed by atoms with Crippen molar-refractivity contribution in [2.75, 3.05) is 31.6 Å². The number of esters is 2. The van der Waals surface area contributed by atoms with Crippen molar-refractivity contribution >= 4 is 52.2 Å². The van der Waals surface area contributed by atoms with Crippen LogP contribution in [0.1, 0.15) is 64.2 Å². The maximum absolute atomic E-state index is 13.9. The molecule has 53 heavy (non-hydrogen) atoms. The number of pyridine rings is 1. The summed E-state index contributed by atoms with van der Waals surface area (Å²) in [6, 6.07) is 13.8. The summed E-state index contributed by atoms with van der Waals surface area (Å²) in [5, 5.41) is 17.2. The Morgan fingerprint density at radius 1 is 1.00 bits per heavy atom. The van der Waals surface area contributed by atoms with E-state index in [4.69, 9.17) is 42.1 Å². The van der Waals surface area contributed by atoms with E-state index in [1.165, 1.54) is 29.5 Å². The Bertz CT molecular complexity index is 1900. The number of nitrogens with one attached hydrogen (secondary N) is 1. The quantitative estimate of drug-likeness (QED) is 0.0728. The molecule has 3 aliphatic heterocycles. The van der Waals surface area contributed by atoms with Gasteiger partial charge in [0.1, 0.15) is 22.3 Å². The summed E-state index contributed by atoms with van der Waals surface area (Å²) in [5.41, 5.74) is 1.38. The fraction of sp³-hybridized carbons (Fsp3) is 0.395. The first-order valence-corrected chi connectivity index (χ1v) is 19.0. The van der Waals surface area contributed by atoms with Crippen LogP contribution in [0.2, 0.25) is 10.0 Å². The van der Waals surface area contributed by atoms with Gasteiger partial charge in [-0.15, -0.1) is 11.3 Å².